The SMILES string of the molecule is CCC(C)NC(=O)c1ccnc(C(=O)O)c1. The number of hydrogen-bond donors (Lipinski definition) is 2. The monoisotopic (exact) mass is 222 g/mol. The first-order chi connectivity index (χ1) is 7.54. The lowest BCUT2D eigenvalue weighted by atomic mass is 10.2. The van der Waals surface area contributed by atoms with Crippen LogP contribution >= 0.6 is 0 Å². The Balaban J connectivity index is 2.83. The van der Waals surface area contributed by atoms with Crippen molar-refractivity contribution in [3.05, 3.63) is 29.6 Å². The van der Waals surface area contributed by atoms with Crippen molar-refractivity contribution in [1.82, 2.24) is 10.3 Å². The fourth-order valence-electron chi connectivity index (χ4n) is 1.10. The summed E-state index contributed by atoms with van der Waals surface area (Å²) in [5.41, 5.74) is 0.185. The quantitative estimate of drug-likeness (QED) is 0.804. The fourth-order valence-corrected chi connectivity index (χ4v) is 1.10. The first kappa shape index (κ1) is 12.2. The Morgan fingerprint density at radius 3 is 2.81 bits per heavy atom. The van der Waals surface area contributed by atoms with Crippen molar-refractivity contribution in [1.29, 1.82) is 0 Å². The van der Waals surface area contributed by atoms with E-state index in [-0.39, 0.29) is 17.6 Å². The third-order valence-electron chi connectivity index (χ3n) is 2.23. The molecule has 2 N–H and O–H groups in total. The molecule has 0 radical (unpaired) electrons. The molecule has 0 aromatic carbocycles. The van der Waals surface area contributed by atoms with Crippen LogP contribution in [0.15, 0.2) is 18.3 Å². The lowest BCUT2D eigenvalue weighted by Gasteiger charge is -2.11. The Labute approximate surface area is 93.5 Å². The number of carboxylic acids is 1. The van der Waals surface area contributed by atoms with Gasteiger partial charge in [0.05, 0.1) is 0 Å². The van der Waals surface area contributed by atoms with E-state index in [0.717, 1.165) is 6.42 Å². The van der Waals surface area contributed by atoms with Gasteiger partial charge < -0.3 is 10.4 Å². The second-order valence-corrected chi connectivity index (χ2v) is 3.52. The van der Waals surface area contributed by atoms with Crippen LogP contribution in [-0.4, -0.2) is 28.0 Å². The number of nitrogens with one attached hydrogen (secondary N) is 1. The van der Waals surface area contributed by atoms with E-state index in [1.54, 1.807) is 0 Å². The third kappa shape index (κ3) is 3.05. The van der Waals surface area contributed by atoms with E-state index >= 15 is 0 Å². The van der Waals surface area contributed by atoms with Crippen molar-refractivity contribution in [2.45, 2.75) is 26.3 Å². The average molecular weight is 222 g/mol. The Morgan fingerprint density at radius 1 is 1.56 bits per heavy atom. The molecule has 0 spiro atoms. The normalized spacial score (nSPS) is 11.9. The molecule has 0 saturated carbocycles. The highest BCUT2D eigenvalue weighted by atomic mass is 16.4. The summed E-state index contributed by atoms with van der Waals surface area (Å²) in [5.74, 6) is -1.42. The first-order valence-corrected chi connectivity index (χ1v) is 5.04. The summed E-state index contributed by atoms with van der Waals surface area (Å²) < 4.78 is 0. The topological polar surface area (TPSA) is 79.3 Å². The molecule has 1 atom stereocenters. The van der Waals surface area contributed by atoms with Crippen LogP contribution in [0.5, 0.6) is 0 Å². The molecule has 1 aromatic rings. The fraction of sp³-hybridized carbons (Fsp3) is 0.364. The molecule has 5 heteroatoms. The van der Waals surface area contributed by atoms with Crippen molar-refractivity contribution >= 4 is 11.9 Å². The van der Waals surface area contributed by atoms with E-state index in [0.29, 0.717) is 5.56 Å². The van der Waals surface area contributed by atoms with Crippen molar-refractivity contribution in [2.24, 2.45) is 0 Å². The summed E-state index contributed by atoms with van der Waals surface area (Å²) in [7, 11) is 0. The molecule has 86 valence electrons. The van der Waals surface area contributed by atoms with Crippen LogP contribution in [0.2, 0.25) is 0 Å². The van der Waals surface area contributed by atoms with Crippen LogP contribution < -0.4 is 5.32 Å². The van der Waals surface area contributed by atoms with Gasteiger partial charge in [0.25, 0.3) is 5.91 Å². The van der Waals surface area contributed by atoms with Crippen molar-refractivity contribution < 1.29 is 14.7 Å². The van der Waals surface area contributed by atoms with Crippen LogP contribution in [0.4, 0.5) is 0 Å². The number of pyridine rings is 1. The van der Waals surface area contributed by atoms with Crippen LogP contribution in [-0.2, 0) is 0 Å². The summed E-state index contributed by atoms with van der Waals surface area (Å²) in [5, 5.41) is 11.5. The maximum Gasteiger partial charge on any atom is 0.354 e. The number of carboxylic acid groups (broad SMARTS) is 1. The lowest BCUT2D eigenvalue weighted by Crippen LogP contribution is -2.32. The zero-order valence-electron chi connectivity index (χ0n) is 9.23. The van der Waals surface area contributed by atoms with E-state index < -0.39 is 5.97 Å². The molecular formula is C11H14N2O3. The third-order valence-corrected chi connectivity index (χ3v) is 2.23. The Morgan fingerprint density at radius 2 is 2.25 bits per heavy atom. The van der Waals surface area contributed by atoms with Gasteiger partial charge in [0.15, 0.2) is 0 Å². The Kier molecular flexibility index (Phi) is 3.99. The van der Waals surface area contributed by atoms with Gasteiger partial charge in [0.2, 0.25) is 0 Å². The number of rotatable bonds is 4. The van der Waals surface area contributed by atoms with Crippen LogP contribution in [0, 0.1) is 0 Å². The number of carbonyl (C=O) groups excluding carboxylic acids is 1. The molecular weight excluding hydrogens is 208 g/mol. The predicted octanol–water partition coefficient (Wildman–Crippen LogP) is 1.31. The molecule has 0 aliphatic heterocycles. The minimum atomic E-state index is -1.14. The summed E-state index contributed by atoms with van der Waals surface area (Å²) in [6.45, 7) is 3.84. The standard InChI is InChI=1S/C11H14N2O3/c1-3-7(2)13-10(14)8-4-5-12-9(6-8)11(15)16/h4-7H,3H2,1-2H3,(H,13,14)(H,15,16). The van der Waals surface area contributed by atoms with Gasteiger partial charge in [-0.1, -0.05) is 6.92 Å². The molecule has 0 aliphatic rings. The zero-order chi connectivity index (χ0) is 12.1. The number of carbonyl (C=O) groups is 2. The summed E-state index contributed by atoms with van der Waals surface area (Å²) in [4.78, 5) is 26.0. The van der Waals surface area contributed by atoms with Gasteiger partial charge >= 0.3 is 5.97 Å². The van der Waals surface area contributed by atoms with Gasteiger partial charge in [-0.25, -0.2) is 9.78 Å². The highest BCUT2D eigenvalue weighted by molar-refractivity contribution is 5.96. The van der Waals surface area contributed by atoms with Crippen molar-refractivity contribution in [3.63, 3.8) is 0 Å². The lowest BCUT2D eigenvalue weighted by molar-refractivity contribution is 0.0690. The number of aromatic carboxylic acids is 1. The molecule has 1 aromatic heterocycles. The Hall–Kier alpha value is -1.91. The van der Waals surface area contributed by atoms with E-state index in [1.165, 1.54) is 18.3 Å². The predicted molar refractivity (Wildman–Crippen MR) is 58.4 cm³/mol. The minimum Gasteiger partial charge on any atom is -0.477 e. The zero-order valence-corrected chi connectivity index (χ0v) is 9.23. The molecule has 1 unspecified atom stereocenters. The van der Waals surface area contributed by atoms with Crippen LogP contribution in [0.1, 0.15) is 41.1 Å². The molecule has 0 saturated heterocycles. The van der Waals surface area contributed by atoms with Crippen molar-refractivity contribution in [2.75, 3.05) is 0 Å². The maximum absolute atomic E-state index is 11.7. The molecule has 0 bridgehead atoms. The summed E-state index contributed by atoms with van der Waals surface area (Å²) >= 11 is 0. The summed E-state index contributed by atoms with van der Waals surface area (Å²) in [6, 6.07) is 2.82. The highest BCUT2D eigenvalue weighted by Crippen LogP contribution is 2.03. The molecule has 0 aliphatic carbocycles. The molecule has 1 heterocycles. The van der Waals surface area contributed by atoms with Gasteiger partial charge in [-0.2, -0.15) is 0 Å². The smallest absolute Gasteiger partial charge is 0.354 e. The molecule has 1 rings (SSSR count). The Bertz CT molecular complexity index is 404. The number of nitrogens with zero attached hydrogens (tertiary/aromatic N) is 1. The van der Waals surface area contributed by atoms with Crippen LogP contribution in [0.25, 0.3) is 0 Å². The van der Waals surface area contributed by atoms with E-state index in [2.05, 4.69) is 10.3 Å². The van der Waals surface area contributed by atoms with Gasteiger partial charge in [-0.15, -0.1) is 0 Å². The van der Waals surface area contributed by atoms with Gasteiger partial charge in [-0.05, 0) is 25.5 Å². The number of hydrogen-bond acceptors (Lipinski definition) is 3. The van der Waals surface area contributed by atoms with E-state index in [9.17, 15) is 9.59 Å². The van der Waals surface area contributed by atoms with Crippen molar-refractivity contribution in [3.8, 4) is 0 Å². The second-order valence-electron chi connectivity index (χ2n) is 3.52. The molecule has 1 amide bonds. The molecule has 16 heavy (non-hydrogen) atoms. The van der Waals surface area contributed by atoms with Crippen LogP contribution in [0.3, 0.4) is 0 Å². The van der Waals surface area contributed by atoms with Gasteiger partial charge in [0, 0.05) is 17.8 Å². The number of aromatic nitrogens is 1. The summed E-state index contributed by atoms with van der Waals surface area (Å²) in [6.07, 6.45) is 2.14. The number of amides is 1. The van der Waals surface area contributed by atoms with E-state index in [1.807, 2.05) is 13.8 Å². The largest absolute Gasteiger partial charge is 0.477 e. The molecule has 5 nitrogen and oxygen atoms in total. The van der Waals surface area contributed by atoms with Gasteiger partial charge in [-0.3, -0.25) is 4.79 Å². The highest BCUT2D eigenvalue weighted by Gasteiger charge is 2.11. The van der Waals surface area contributed by atoms with Gasteiger partial charge in [0.1, 0.15) is 5.69 Å². The second kappa shape index (κ2) is 5.25. The van der Waals surface area contributed by atoms with E-state index in [4.69, 9.17) is 5.11 Å². The minimum absolute atomic E-state index is 0.0638. The molecule has 0 fully saturated rings. The first-order valence-electron chi connectivity index (χ1n) is 5.04. The maximum atomic E-state index is 11.7. The average Bonchev–Trinajstić information content (AvgIpc) is 2.28.